The number of nitrogens with two attached hydrogens (primary N) is 1. The van der Waals surface area contributed by atoms with E-state index in [1.165, 1.54) is 5.56 Å². The predicted molar refractivity (Wildman–Crippen MR) is 67.0 cm³/mol. The molecule has 0 bridgehead atoms. The molecule has 0 aliphatic rings. The maximum atomic E-state index is 5.86. The molecule has 0 fully saturated rings. The summed E-state index contributed by atoms with van der Waals surface area (Å²) in [5.74, 6) is 0. The van der Waals surface area contributed by atoms with Gasteiger partial charge in [0.1, 0.15) is 0 Å². The minimum atomic E-state index is 0.200. The number of hydrogen-bond donors (Lipinski definition) is 1. The molecule has 0 amide bonds. The van der Waals surface area contributed by atoms with Crippen LogP contribution in [0.25, 0.3) is 0 Å². The Bertz CT molecular complexity index is 324. The van der Waals surface area contributed by atoms with Crippen molar-refractivity contribution in [2.24, 2.45) is 18.2 Å². The summed E-state index contributed by atoms with van der Waals surface area (Å²) in [5.41, 5.74) is 7.29. The zero-order chi connectivity index (χ0) is 12.3. The molecule has 1 aromatic rings. The molecule has 92 valence electrons. The van der Waals surface area contributed by atoms with Crippen molar-refractivity contribution in [1.82, 2.24) is 14.7 Å². The van der Waals surface area contributed by atoms with Gasteiger partial charge in [-0.25, -0.2) is 0 Å². The number of aromatic nitrogens is 2. The molecule has 2 N–H and O–H groups in total. The second-order valence-corrected chi connectivity index (χ2v) is 5.55. The van der Waals surface area contributed by atoms with Crippen LogP contribution in [0.4, 0.5) is 0 Å². The number of aryl methyl sites for hydroxylation is 1. The van der Waals surface area contributed by atoms with Crippen LogP contribution in [-0.4, -0.2) is 34.3 Å². The first-order valence-electron chi connectivity index (χ1n) is 5.72. The number of nitrogens with zero attached hydrogens (tertiary/aromatic N) is 3. The van der Waals surface area contributed by atoms with Crippen LogP contribution in [-0.2, 0) is 13.6 Å². The molecule has 0 aliphatic heterocycles. The van der Waals surface area contributed by atoms with Gasteiger partial charge >= 0.3 is 0 Å². The van der Waals surface area contributed by atoms with Crippen LogP contribution in [0.3, 0.4) is 0 Å². The van der Waals surface area contributed by atoms with Gasteiger partial charge in [0, 0.05) is 37.9 Å². The molecule has 0 saturated carbocycles. The third-order valence-corrected chi connectivity index (χ3v) is 2.95. The molecule has 1 aromatic heterocycles. The predicted octanol–water partition coefficient (Wildman–Crippen LogP) is 1.23. The minimum absolute atomic E-state index is 0.200. The molecule has 1 heterocycles. The smallest absolute Gasteiger partial charge is 0.0534 e. The molecule has 0 aliphatic carbocycles. The summed E-state index contributed by atoms with van der Waals surface area (Å²) < 4.78 is 1.83. The van der Waals surface area contributed by atoms with Crippen molar-refractivity contribution in [3.63, 3.8) is 0 Å². The van der Waals surface area contributed by atoms with Gasteiger partial charge in [0.05, 0.1) is 6.20 Å². The molecule has 4 nitrogen and oxygen atoms in total. The maximum absolute atomic E-state index is 5.86. The fourth-order valence-electron chi connectivity index (χ4n) is 2.15. The van der Waals surface area contributed by atoms with Crippen LogP contribution in [0.1, 0.15) is 26.3 Å². The molecule has 1 atom stereocenters. The number of hydrogen-bond acceptors (Lipinski definition) is 3. The van der Waals surface area contributed by atoms with Crippen molar-refractivity contribution in [2.45, 2.75) is 33.4 Å². The first kappa shape index (κ1) is 13.2. The van der Waals surface area contributed by atoms with E-state index in [-0.39, 0.29) is 5.41 Å². The quantitative estimate of drug-likeness (QED) is 0.836. The third-order valence-electron chi connectivity index (χ3n) is 2.95. The molecule has 0 spiro atoms. The van der Waals surface area contributed by atoms with Crippen molar-refractivity contribution >= 4 is 0 Å². The summed E-state index contributed by atoms with van der Waals surface area (Å²) in [6.07, 6.45) is 3.96. The van der Waals surface area contributed by atoms with Crippen LogP contribution in [0, 0.1) is 5.41 Å². The second-order valence-electron chi connectivity index (χ2n) is 5.55. The molecule has 4 heteroatoms. The number of rotatable bonds is 4. The third kappa shape index (κ3) is 3.32. The monoisotopic (exact) mass is 224 g/mol. The maximum Gasteiger partial charge on any atom is 0.0534 e. The molecule has 0 aromatic carbocycles. The first-order valence-corrected chi connectivity index (χ1v) is 5.72. The molecule has 1 rings (SSSR count). The highest BCUT2D eigenvalue weighted by Crippen LogP contribution is 2.23. The fourth-order valence-corrected chi connectivity index (χ4v) is 2.15. The van der Waals surface area contributed by atoms with Crippen molar-refractivity contribution in [3.05, 3.63) is 18.0 Å². The zero-order valence-corrected chi connectivity index (χ0v) is 11.1. The van der Waals surface area contributed by atoms with E-state index in [1.54, 1.807) is 0 Å². The van der Waals surface area contributed by atoms with Crippen molar-refractivity contribution < 1.29 is 0 Å². The van der Waals surface area contributed by atoms with Crippen LogP contribution >= 0.6 is 0 Å². The van der Waals surface area contributed by atoms with E-state index < -0.39 is 0 Å². The van der Waals surface area contributed by atoms with Crippen LogP contribution in [0.15, 0.2) is 12.4 Å². The van der Waals surface area contributed by atoms with E-state index in [0.717, 1.165) is 6.54 Å². The van der Waals surface area contributed by atoms with Gasteiger partial charge in [-0.15, -0.1) is 0 Å². The summed E-state index contributed by atoms with van der Waals surface area (Å²) in [4.78, 5) is 2.30. The van der Waals surface area contributed by atoms with Crippen LogP contribution in [0.5, 0.6) is 0 Å². The largest absolute Gasteiger partial charge is 0.329 e. The Labute approximate surface area is 98.4 Å². The van der Waals surface area contributed by atoms with E-state index in [1.807, 2.05) is 24.1 Å². The Kier molecular flexibility index (Phi) is 4.10. The summed E-state index contributed by atoms with van der Waals surface area (Å²) in [6.45, 7) is 8.26. The van der Waals surface area contributed by atoms with Gasteiger partial charge in [0.2, 0.25) is 0 Å². The highest BCUT2D eigenvalue weighted by Gasteiger charge is 2.26. The van der Waals surface area contributed by atoms with Gasteiger partial charge in [-0.3, -0.25) is 9.58 Å². The highest BCUT2D eigenvalue weighted by molar-refractivity contribution is 5.04. The molecular formula is C12H24N4. The molecule has 0 saturated heterocycles. The lowest BCUT2D eigenvalue weighted by Crippen LogP contribution is -2.46. The Morgan fingerprint density at radius 1 is 1.50 bits per heavy atom. The average molecular weight is 224 g/mol. The lowest BCUT2D eigenvalue weighted by Gasteiger charge is -2.37. The topological polar surface area (TPSA) is 47.1 Å². The van der Waals surface area contributed by atoms with Gasteiger partial charge < -0.3 is 5.73 Å². The minimum Gasteiger partial charge on any atom is -0.329 e. The van der Waals surface area contributed by atoms with Crippen molar-refractivity contribution in [2.75, 3.05) is 13.6 Å². The summed E-state index contributed by atoms with van der Waals surface area (Å²) in [7, 11) is 4.06. The van der Waals surface area contributed by atoms with Crippen LogP contribution in [0.2, 0.25) is 0 Å². The summed E-state index contributed by atoms with van der Waals surface area (Å²) in [6, 6.07) is 0.382. The normalized spacial score (nSPS) is 14.4. The van der Waals surface area contributed by atoms with Gasteiger partial charge in [-0.1, -0.05) is 20.8 Å². The summed E-state index contributed by atoms with van der Waals surface area (Å²) in [5, 5.41) is 4.18. The van der Waals surface area contributed by atoms with E-state index in [0.29, 0.717) is 12.6 Å². The zero-order valence-electron chi connectivity index (χ0n) is 11.1. The lowest BCUT2D eigenvalue weighted by atomic mass is 9.86. The van der Waals surface area contributed by atoms with E-state index in [4.69, 9.17) is 5.73 Å². The fraction of sp³-hybridized carbons (Fsp3) is 0.750. The Morgan fingerprint density at radius 2 is 2.12 bits per heavy atom. The second kappa shape index (κ2) is 4.97. The van der Waals surface area contributed by atoms with Gasteiger partial charge in [-0.05, 0) is 12.5 Å². The summed E-state index contributed by atoms with van der Waals surface area (Å²) >= 11 is 0. The average Bonchev–Trinajstić information content (AvgIpc) is 2.49. The molecule has 16 heavy (non-hydrogen) atoms. The van der Waals surface area contributed by atoms with Crippen molar-refractivity contribution in [3.8, 4) is 0 Å². The molecule has 1 unspecified atom stereocenters. The van der Waals surface area contributed by atoms with Crippen molar-refractivity contribution in [1.29, 1.82) is 0 Å². The highest BCUT2D eigenvalue weighted by atomic mass is 15.2. The SMILES string of the molecule is CN(Cc1cnn(C)c1)C(CN)C(C)(C)C. The van der Waals surface area contributed by atoms with Gasteiger partial charge in [0.15, 0.2) is 0 Å². The van der Waals surface area contributed by atoms with E-state index in [9.17, 15) is 0 Å². The lowest BCUT2D eigenvalue weighted by molar-refractivity contribution is 0.125. The van der Waals surface area contributed by atoms with E-state index >= 15 is 0 Å². The number of likely N-dealkylation sites (N-methyl/N-ethyl adjacent to an activating group) is 1. The Balaban J connectivity index is 2.66. The van der Waals surface area contributed by atoms with Crippen LogP contribution < -0.4 is 5.73 Å². The van der Waals surface area contributed by atoms with E-state index in [2.05, 4.69) is 37.8 Å². The Morgan fingerprint density at radius 3 is 2.50 bits per heavy atom. The Hall–Kier alpha value is -0.870. The molecular weight excluding hydrogens is 200 g/mol. The van der Waals surface area contributed by atoms with Gasteiger partial charge in [-0.2, -0.15) is 5.10 Å². The van der Waals surface area contributed by atoms with Gasteiger partial charge in [0.25, 0.3) is 0 Å². The first-order chi connectivity index (χ1) is 7.34. The standard InChI is InChI=1S/C12H24N4/c1-12(2,3)11(6-13)15(4)8-10-7-14-16(5)9-10/h7,9,11H,6,8,13H2,1-5H3. The molecule has 0 radical (unpaired) electrons.